The zero-order valence-electron chi connectivity index (χ0n) is 24.9. The Morgan fingerprint density at radius 2 is 1.64 bits per heavy atom. The number of hydrogen-bond donors (Lipinski definition) is 3. The minimum atomic E-state index is -1.35. The molecule has 1 aliphatic rings. The molecule has 0 saturated carbocycles. The molecule has 0 radical (unpaired) electrons. The number of anilines is 1. The average molecular weight is 606 g/mol. The summed E-state index contributed by atoms with van der Waals surface area (Å²) in [6.07, 6.45) is -0.963. The number of carbonyl (C=O) groups excluding carboxylic acids is 2. The Morgan fingerprint density at radius 3 is 2.27 bits per heavy atom. The Balaban J connectivity index is 1.21. The normalized spacial score (nSPS) is 19.6. The largest absolute Gasteiger partial charge is 0.493 e. The third-order valence-electron chi connectivity index (χ3n) is 7.65. The van der Waals surface area contributed by atoms with Crippen LogP contribution in [0.2, 0.25) is 0 Å². The number of fused-ring (bicyclic) bond motifs is 1. The fourth-order valence-electron chi connectivity index (χ4n) is 5.18. The molecular formula is C31H35N5O8. The van der Waals surface area contributed by atoms with Gasteiger partial charge in [0.05, 0.1) is 27.7 Å². The van der Waals surface area contributed by atoms with Crippen LogP contribution in [0.4, 0.5) is 5.82 Å². The van der Waals surface area contributed by atoms with Gasteiger partial charge >= 0.3 is 0 Å². The first-order chi connectivity index (χ1) is 21.3. The first kappa shape index (κ1) is 30.9. The quantitative estimate of drug-likeness (QED) is 0.191. The second-order valence-electron chi connectivity index (χ2n) is 10.3. The van der Waals surface area contributed by atoms with Crippen LogP contribution < -0.4 is 19.5 Å². The maximum absolute atomic E-state index is 12.9. The Morgan fingerprint density at radius 1 is 0.955 bits per heavy atom. The Hall–Kier alpha value is -4.59. The molecule has 1 fully saturated rings. The highest BCUT2D eigenvalue weighted by Gasteiger charge is 2.47. The van der Waals surface area contributed by atoms with Crippen molar-refractivity contribution in [2.45, 2.75) is 57.3 Å². The van der Waals surface area contributed by atoms with E-state index in [1.165, 1.54) is 38.6 Å². The predicted octanol–water partition coefficient (Wildman–Crippen LogP) is 2.88. The Bertz CT molecular complexity index is 1620. The van der Waals surface area contributed by atoms with Gasteiger partial charge in [0.15, 0.2) is 46.3 Å². The van der Waals surface area contributed by atoms with Crippen LogP contribution in [-0.2, 0) is 22.5 Å². The molecule has 5 rings (SSSR count). The van der Waals surface area contributed by atoms with Gasteiger partial charge in [-0.05, 0) is 29.7 Å². The summed E-state index contributed by atoms with van der Waals surface area (Å²) in [4.78, 5) is 38.1. The lowest BCUT2D eigenvalue weighted by molar-refractivity contribution is -0.135. The second-order valence-corrected chi connectivity index (χ2v) is 10.3. The first-order valence-electron chi connectivity index (χ1n) is 14.2. The molecule has 4 aromatic rings. The number of Topliss-reactive ketones (excluding diaryl/α,β-unsaturated/α-hetero) is 2. The van der Waals surface area contributed by atoms with Crippen molar-refractivity contribution >= 4 is 28.5 Å². The van der Waals surface area contributed by atoms with Crippen molar-refractivity contribution in [1.82, 2.24) is 19.5 Å². The van der Waals surface area contributed by atoms with Crippen molar-refractivity contribution in [2.75, 3.05) is 26.6 Å². The highest BCUT2D eigenvalue weighted by molar-refractivity contribution is 5.97. The summed E-state index contributed by atoms with van der Waals surface area (Å²) in [5, 5.41) is 24.2. The van der Waals surface area contributed by atoms with E-state index >= 15 is 0 Å². The summed E-state index contributed by atoms with van der Waals surface area (Å²) in [6, 6.07) is 11.2. The Kier molecular flexibility index (Phi) is 9.37. The van der Waals surface area contributed by atoms with E-state index in [0.29, 0.717) is 59.2 Å². The van der Waals surface area contributed by atoms with Crippen LogP contribution in [0.5, 0.6) is 17.2 Å². The molecule has 0 spiro atoms. The molecule has 232 valence electrons. The number of nitrogens with zero attached hydrogens (tertiary/aromatic N) is 4. The average Bonchev–Trinajstić information content (AvgIpc) is 3.62. The van der Waals surface area contributed by atoms with E-state index < -0.39 is 24.5 Å². The molecule has 1 unspecified atom stereocenters. The number of aryl methyl sites for hydroxylation is 1. The van der Waals surface area contributed by atoms with Crippen LogP contribution in [0.3, 0.4) is 0 Å². The van der Waals surface area contributed by atoms with Crippen molar-refractivity contribution in [2.24, 2.45) is 0 Å². The topological polar surface area (TPSA) is 167 Å². The van der Waals surface area contributed by atoms with E-state index in [9.17, 15) is 19.8 Å². The van der Waals surface area contributed by atoms with Gasteiger partial charge in [0, 0.05) is 24.9 Å². The van der Waals surface area contributed by atoms with Crippen LogP contribution in [0.1, 0.15) is 47.5 Å². The van der Waals surface area contributed by atoms with Gasteiger partial charge < -0.3 is 34.5 Å². The molecule has 13 heteroatoms. The van der Waals surface area contributed by atoms with Gasteiger partial charge in [-0.15, -0.1) is 0 Å². The van der Waals surface area contributed by atoms with Crippen molar-refractivity contribution in [3.05, 3.63) is 65.7 Å². The molecule has 1 saturated heterocycles. The summed E-state index contributed by atoms with van der Waals surface area (Å²) in [7, 11) is 4.54. The summed E-state index contributed by atoms with van der Waals surface area (Å²) in [6.45, 7) is 2.11. The lowest BCUT2D eigenvalue weighted by atomic mass is 10.0. The van der Waals surface area contributed by atoms with E-state index in [1.807, 2.05) is 24.3 Å². The second kappa shape index (κ2) is 13.4. The van der Waals surface area contributed by atoms with Gasteiger partial charge in [0.25, 0.3) is 0 Å². The molecule has 13 nitrogen and oxygen atoms in total. The number of hydrogen-bond acceptors (Lipinski definition) is 12. The molecular weight excluding hydrogens is 570 g/mol. The monoisotopic (exact) mass is 605 g/mol. The maximum atomic E-state index is 12.9. The SMILES string of the molecule is CCC(=O)[C@H]1O[C@@H](n2cnc3c(NCc4ccc(CCC(=O)c5cc(OC)c(OC)c(OC)c5)cc4)ncnc32)[C@@H](O)C1O. The number of aliphatic hydroxyl groups is 2. The number of methoxy groups -OCH3 is 3. The Labute approximate surface area is 253 Å². The van der Waals surface area contributed by atoms with Crippen molar-refractivity contribution in [1.29, 1.82) is 0 Å². The van der Waals surface area contributed by atoms with Crippen LogP contribution in [-0.4, -0.2) is 80.9 Å². The van der Waals surface area contributed by atoms with Crippen molar-refractivity contribution in [3.63, 3.8) is 0 Å². The fraction of sp³-hybridized carbons (Fsp3) is 0.387. The highest BCUT2D eigenvalue weighted by atomic mass is 16.6. The molecule has 3 N–H and O–H groups in total. The van der Waals surface area contributed by atoms with Crippen LogP contribution in [0, 0.1) is 0 Å². The predicted molar refractivity (Wildman–Crippen MR) is 159 cm³/mol. The number of aromatic nitrogens is 4. The van der Waals surface area contributed by atoms with Gasteiger partial charge in [0.2, 0.25) is 5.75 Å². The summed E-state index contributed by atoms with van der Waals surface area (Å²) >= 11 is 0. The van der Waals surface area contributed by atoms with E-state index in [4.69, 9.17) is 18.9 Å². The van der Waals surface area contributed by atoms with Gasteiger partial charge in [0.1, 0.15) is 24.6 Å². The summed E-state index contributed by atoms with van der Waals surface area (Å²) in [5.74, 6) is 1.44. The molecule has 1 aliphatic heterocycles. The minimum Gasteiger partial charge on any atom is -0.493 e. The van der Waals surface area contributed by atoms with E-state index in [1.54, 1.807) is 19.1 Å². The fourth-order valence-corrected chi connectivity index (χ4v) is 5.18. The standard InChI is InChI=1S/C31H35N5O8/c1-5-20(37)27-25(39)26(40)31(44-27)36-16-35-24-29(33-15-34-30(24)36)32-14-18-8-6-17(7-9-18)10-11-21(38)19-12-22(41-2)28(43-4)23(13-19)42-3/h6-9,12-13,15-16,25-27,31,39-40H,5,10-11,14H2,1-4H3,(H,32,33,34)/t25?,26-,27+,31+/m0/s1. The van der Waals surface area contributed by atoms with Crippen molar-refractivity contribution in [3.8, 4) is 17.2 Å². The minimum absolute atomic E-state index is 0.0419. The number of rotatable bonds is 13. The number of imidazole rings is 1. The number of nitrogens with one attached hydrogen (secondary N) is 1. The number of carbonyl (C=O) groups is 2. The molecule has 44 heavy (non-hydrogen) atoms. The smallest absolute Gasteiger partial charge is 0.203 e. The highest BCUT2D eigenvalue weighted by Crippen LogP contribution is 2.38. The number of aliphatic hydroxyl groups excluding tert-OH is 2. The first-order valence-corrected chi connectivity index (χ1v) is 14.2. The van der Waals surface area contributed by atoms with E-state index in [0.717, 1.165) is 11.1 Å². The zero-order valence-corrected chi connectivity index (χ0v) is 24.9. The molecule has 2 aromatic carbocycles. The molecule has 2 aromatic heterocycles. The third kappa shape index (κ3) is 6.07. The molecule has 0 amide bonds. The van der Waals surface area contributed by atoms with Crippen LogP contribution in [0.15, 0.2) is 49.1 Å². The van der Waals surface area contributed by atoms with E-state index in [-0.39, 0.29) is 18.0 Å². The van der Waals surface area contributed by atoms with E-state index in [2.05, 4.69) is 20.3 Å². The summed E-state index contributed by atoms with van der Waals surface area (Å²) < 4.78 is 23.3. The molecule has 0 bridgehead atoms. The molecule has 4 atom stereocenters. The van der Waals surface area contributed by atoms with Gasteiger partial charge in [-0.2, -0.15) is 0 Å². The third-order valence-corrected chi connectivity index (χ3v) is 7.65. The summed E-state index contributed by atoms with van der Waals surface area (Å²) in [5.41, 5.74) is 3.31. The maximum Gasteiger partial charge on any atom is 0.203 e. The lowest BCUT2D eigenvalue weighted by Crippen LogP contribution is -2.35. The number of ether oxygens (including phenoxy) is 4. The van der Waals surface area contributed by atoms with Gasteiger partial charge in [-0.1, -0.05) is 31.2 Å². The number of ketones is 2. The molecule has 3 heterocycles. The van der Waals surface area contributed by atoms with Gasteiger partial charge in [-0.25, -0.2) is 15.0 Å². The lowest BCUT2D eigenvalue weighted by Gasteiger charge is -2.16. The molecule has 0 aliphatic carbocycles. The zero-order chi connectivity index (χ0) is 31.4. The van der Waals surface area contributed by atoms with Crippen LogP contribution in [0.25, 0.3) is 11.2 Å². The van der Waals surface area contributed by atoms with Crippen LogP contribution >= 0.6 is 0 Å². The van der Waals surface area contributed by atoms with Crippen molar-refractivity contribution < 1.29 is 38.7 Å². The number of benzene rings is 2. The van der Waals surface area contributed by atoms with Gasteiger partial charge in [-0.3, -0.25) is 14.2 Å².